The van der Waals surface area contributed by atoms with Crippen LogP contribution in [0, 0.1) is 5.92 Å². The maximum Gasteiger partial charge on any atom is 0.362 e. The van der Waals surface area contributed by atoms with Crippen molar-refractivity contribution in [2.24, 2.45) is 5.92 Å². The van der Waals surface area contributed by atoms with Crippen LogP contribution in [0.4, 0.5) is 0 Å². The van der Waals surface area contributed by atoms with Gasteiger partial charge in [-0.05, 0) is 60.6 Å². The molecule has 0 aliphatic heterocycles. The first-order valence-corrected chi connectivity index (χ1v) is 14.2. The molecule has 4 rings (SSSR count). The summed E-state index contributed by atoms with van der Waals surface area (Å²) in [6, 6.07) is 13.6. The van der Waals surface area contributed by atoms with Gasteiger partial charge in [-0.1, -0.05) is 38.8 Å². The van der Waals surface area contributed by atoms with E-state index in [4.69, 9.17) is 35.3 Å². The fourth-order valence-corrected chi connectivity index (χ4v) is 4.87. The van der Waals surface area contributed by atoms with E-state index in [1.54, 1.807) is 48.5 Å². The van der Waals surface area contributed by atoms with Gasteiger partial charge in [-0.25, -0.2) is 14.8 Å². The minimum atomic E-state index is -1.52. The van der Waals surface area contributed by atoms with Crippen LogP contribution in [0.3, 0.4) is 0 Å². The first-order valence-electron chi connectivity index (χ1n) is 13.0. The maximum absolute atomic E-state index is 13.6. The Morgan fingerprint density at radius 1 is 0.927 bits per heavy atom. The number of unbranched alkanes of at least 4 members (excludes halogenated alkanes) is 1. The predicted molar refractivity (Wildman–Crippen MR) is 156 cm³/mol. The maximum atomic E-state index is 13.6. The van der Waals surface area contributed by atoms with Gasteiger partial charge in [0, 0.05) is 10.9 Å². The third-order valence-corrected chi connectivity index (χ3v) is 7.52. The van der Waals surface area contributed by atoms with Crippen LogP contribution in [0.2, 0.25) is 5.02 Å². The average molecular weight is 599 g/mol. The van der Waals surface area contributed by atoms with Gasteiger partial charge in [-0.2, -0.15) is 9.97 Å². The Bertz CT molecular complexity index is 1470. The predicted octanol–water partition coefficient (Wildman–Crippen LogP) is 6.75. The third-order valence-electron chi connectivity index (χ3n) is 5.89. The van der Waals surface area contributed by atoms with Crippen molar-refractivity contribution in [1.29, 1.82) is 0 Å². The molecule has 0 saturated carbocycles. The van der Waals surface area contributed by atoms with E-state index in [9.17, 15) is 4.79 Å². The summed E-state index contributed by atoms with van der Waals surface area (Å²) in [6.45, 7) is 6.03. The number of thioether (sulfide) groups is 1. The molecule has 0 saturated heterocycles. The molecule has 2 aromatic heterocycles. The summed E-state index contributed by atoms with van der Waals surface area (Å²) >= 11 is 7.07. The van der Waals surface area contributed by atoms with E-state index >= 15 is 0 Å². The van der Waals surface area contributed by atoms with Crippen molar-refractivity contribution in [2.75, 3.05) is 20.8 Å². The van der Waals surface area contributed by atoms with E-state index in [1.165, 1.54) is 20.4 Å². The normalized spacial score (nSPS) is 12.6. The number of nitrogens with zero attached hydrogens (tertiary/aromatic N) is 4. The highest BCUT2D eigenvalue weighted by Crippen LogP contribution is 2.42. The minimum Gasteiger partial charge on any atom is -0.481 e. The average Bonchev–Trinajstić information content (AvgIpc) is 2.97. The van der Waals surface area contributed by atoms with Crippen LogP contribution < -0.4 is 18.9 Å². The van der Waals surface area contributed by atoms with Gasteiger partial charge in [0.15, 0.2) is 5.16 Å². The summed E-state index contributed by atoms with van der Waals surface area (Å²) in [5.41, 5.74) is 1.32. The van der Waals surface area contributed by atoms with Gasteiger partial charge in [0.25, 0.3) is 4.93 Å². The minimum absolute atomic E-state index is 0.235. The van der Waals surface area contributed by atoms with Crippen LogP contribution in [0.5, 0.6) is 29.1 Å². The lowest BCUT2D eigenvalue weighted by atomic mass is 10.1. The van der Waals surface area contributed by atoms with Crippen molar-refractivity contribution in [3.05, 3.63) is 59.8 Å². The zero-order chi connectivity index (χ0) is 29.4. The highest BCUT2D eigenvalue weighted by Gasteiger charge is 2.48. The van der Waals surface area contributed by atoms with Gasteiger partial charge in [-0.15, -0.1) is 0 Å². The number of halogens is 1. The fourth-order valence-electron chi connectivity index (χ4n) is 3.65. The van der Waals surface area contributed by atoms with Gasteiger partial charge in [0.1, 0.15) is 11.5 Å². The number of benzene rings is 2. The van der Waals surface area contributed by atoms with Crippen molar-refractivity contribution in [1.82, 2.24) is 19.9 Å². The Morgan fingerprint density at radius 3 is 2.24 bits per heavy atom. The number of methoxy groups -OCH3 is 2. The number of hydrogen-bond donors (Lipinski definition) is 0. The highest BCUT2D eigenvalue weighted by molar-refractivity contribution is 8.01. The monoisotopic (exact) mass is 598 g/mol. The Balaban J connectivity index is 1.60. The molecule has 4 aromatic rings. The Kier molecular flexibility index (Phi) is 10.1. The summed E-state index contributed by atoms with van der Waals surface area (Å²) < 4.78 is 28.6. The lowest BCUT2D eigenvalue weighted by Crippen LogP contribution is -2.47. The molecule has 216 valence electrons. The van der Waals surface area contributed by atoms with Gasteiger partial charge in [-0.3, -0.25) is 0 Å². The molecule has 0 N–H and O–H groups in total. The molecule has 41 heavy (non-hydrogen) atoms. The molecule has 2 aromatic carbocycles. The summed E-state index contributed by atoms with van der Waals surface area (Å²) in [7, 11) is 2.98. The van der Waals surface area contributed by atoms with Crippen molar-refractivity contribution < 1.29 is 28.5 Å². The number of aromatic nitrogens is 4. The number of carbonyl (C=O) groups is 1. The van der Waals surface area contributed by atoms with Crippen LogP contribution in [0.1, 0.15) is 33.6 Å². The molecule has 0 spiro atoms. The standard InChI is InChI=1S/C29H31ClN4O6S/c1-6-7-14-38-27(35)29(18(2)3,41-28-33-24(36-4)16-25(34-28)37-5)40-21-11-9-20(10-12-21)39-26-17-31-23-15-19(30)8-13-22(23)32-26/h8-13,15-18H,6-7,14H2,1-5H3. The van der Waals surface area contributed by atoms with E-state index in [0.29, 0.717) is 33.4 Å². The molecule has 1 atom stereocenters. The van der Waals surface area contributed by atoms with E-state index in [2.05, 4.69) is 19.9 Å². The smallest absolute Gasteiger partial charge is 0.362 e. The lowest BCUT2D eigenvalue weighted by molar-refractivity contribution is -0.157. The zero-order valence-electron chi connectivity index (χ0n) is 23.4. The summed E-state index contributed by atoms with van der Waals surface area (Å²) in [5.74, 6) is 0.942. The molecule has 1 unspecified atom stereocenters. The number of ether oxygens (including phenoxy) is 5. The lowest BCUT2D eigenvalue weighted by Gasteiger charge is -2.34. The van der Waals surface area contributed by atoms with E-state index in [0.717, 1.165) is 24.6 Å². The van der Waals surface area contributed by atoms with E-state index < -0.39 is 10.9 Å². The number of fused-ring (bicyclic) bond motifs is 1. The van der Waals surface area contributed by atoms with Gasteiger partial charge in [0.2, 0.25) is 17.6 Å². The largest absolute Gasteiger partial charge is 0.481 e. The first-order chi connectivity index (χ1) is 19.8. The molecule has 0 aliphatic rings. The number of rotatable bonds is 13. The molecule has 0 aliphatic carbocycles. The van der Waals surface area contributed by atoms with E-state index in [1.807, 2.05) is 20.8 Å². The summed E-state index contributed by atoms with van der Waals surface area (Å²) in [5, 5.41) is 0.816. The molecule has 12 heteroatoms. The van der Waals surface area contributed by atoms with Gasteiger partial charge >= 0.3 is 5.97 Å². The van der Waals surface area contributed by atoms with Crippen LogP contribution in [-0.2, 0) is 9.53 Å². The van der Waals surface area contributed by atoms with Crippen LogP contribution >= 0.6 is 23.4 Å². The number of esters is 1. The third kappa shape index (κ3) is 7.47. The van der Waals surface area contributed by atoms with Crippen molar-refractivity contribution in [3.63, 3.8) is 0 Å². The molecule has 0 fully saturated rings. The van der Waals surface area contributed by atoms with Crippen LogP contribution in [-0.4, -0.2) is 51.7 Å². The Hall–Kier alpha value is -3.83. The Labute approximate surface area is 247 Å². The zero-order valence-corrected chi connectivity index (χ0v) is 25.0. The highest BCUT2D eigenvalue weighted by atomic mass is 35.5. The topological polar surface area (TPSA) is 115 Å². The van der Waals surface area contributed by atoms with Gasteiger partial charge in [0.05, 0.1) is 44.1 Å². The quantitative estimate of drug-likeness (QED) is 0.0535. The fraction of sp³-hybridized carbons (Fsp3) is 0.345. The molecule has 0 amide bonds. The SMILES string of the molecule is CCCCOC(=O)C(Oc1ccc(Oc2cnc3cc(Cl)ccc3n2)cc1)(Sc1nc(OC)cc(OC)n1)C(C)C. The molecule has 0 bridgehead atoms. The van der Waals surface area contributed by atoms with Crippen LogP contribution in [0.15, 0.2) is 59.9 Å². The molecular weight excluding hydrogens is 568 g/mol. The second-order valence-corrected chi connectivity index (χ2v) is 10.8. The number of hydrogen-bond acceptors (Lipinski definition) is 11. The molecular formula is C29H31ClN4O6S. The van der Waals surface area contributed by atoms with Gasteiger partial charge < -0.3 is 23.7 Å². The first kappa shape index (κ1) is 30.1. The molecule has 0 radical (unpaired) electrons. The van der Waals surface area contributed by atoms with Crippen LogP contribution in [0.25, 0.3) is 11.0 Å². The summed E-state index contributed by atoms with van der Waals surface area (Å²) in [6.07, 6.45) is 3.13. The second-order valence-electron chi connectivity index (χ2n) is 9.17. The number of carbonyl (C=O) groups excluding carboxylic acids is 1. The molecule has 10 nitrogen and oxygen atoms in total. The second kappa shape index (κ2) is 13.7. The van der Waals surface area contributed by atoms with Crippen molar-refractivity contribution in [3.8, 4) is 29.1 Å². The van der Waals surface area contributed by atoms with E-state index in [-0.39, 0.29) is 29.4 Å². The van der Waals surface area contributed by atoms with Crippen molar-refractivity contribution >= 4 is 40.4 Å². The van der Waals surface area contributed by atoms with Crippen molar-refractivity contribution in [2.45, 2.75) is 43.7 Å². The summed E-state index contributed by atoms with van der Waals surface area (Å²) in [4.78, 5) is 29.7. The Morgan fingerprint density at radius 2 is 1.61 bits per heavy atom. The molecule has 2 heterocycles.